The summed E-state index contributed by atoms with van der Waals surface area (Å²) < 4.78 is 25.8. The average Bonchev–Trinajstić information content (AvgIpc) is 3.20. The number of hydrogen-bond donors (Lipinski definition) is 1. The maximum Gasteiger partial charge on any atom is 0.251 e. The molecule has 6 nitrogen and oxygen atoms in total. The first-order chi connectivity index (χ1) is 13.4. The standard InChI is InChI=1S/C21H20FN3O3/c1-21(2,20(26)24-17-6-4-16(22)5-7-17)25-13-15(12-23-25)14-3-8-18-19(11-14)28-10-9-27-18/h3-8,11-13H,9-10H2,1-2H3,(H,24,26). The monoisotopic (exact) mass is 381 g/mol. The lowest BCUT2D eigenvalue weighted by Crippen LogP contribution is -2.40. The summed E-state index contributed by atoms with van der Waals surface area (Å²) in [5.74, 6) is 0.815. The number of nitrogens with one attached hydrogen (secondary N) is 1. The molecule has 2 heterocycles. The highest BCUT2D eigenvalue weighted by atomic mass is 19.1. The van der Waals surface area contributed by atoms with Crippen molar-refractivity contribution in [1.82, 2.24) is 9.78 Å². The van der Waals surface area contributed by atoms with E-state index in [1.165, 1.54) is 24.3 Å². The number of halogens is 1. The van der Waals surface area contributed by atoms with E-state index in [0.717, 1.165) is 16.9 Å². The Morgan fingerprint density at radius 2 is 1.79 bits per heavy atom. The van der Waals surface area contributed by atoms with Gasteiger partial charge in [0.05, 0.1) is 6.20 Å². The zero-order valence-electron chi connectivity index (χ0n) is 15.6. The van der Waals surface area contributed by atoms with E-state index in [1.807, 2.05) is 24.4 Å². The van der Waals surface area contributed by atoms with Crippen LogP contribution in [-0.4, -0.2) is 28.9 Å². The van der Waals surface area contributed by atoms with E-state index in [4.69, 9.17) is 9.47 Å². The lowest BCUT2D eigenvalue weighted by Gasteiger charge is -2.24. The molecule has 1 aliphatic heterocycles. The van der Waals surface area contributed by atoms with Gasteiger partial charge in [-0.15, -0.1) is 0 Å². The van der Waals surface area contributed by atoms with Gasteiger partial charge in [-0.05, 0) is 55.8 Å². The number of carbonyl (C=O) groups is 1. The molecule has 0 unspecified atom stereocenters. The molecule has 0 aliphatic carbocycles. The second-order valence-corrected chi connectivity index (χ2v) is 7.05. The van der Waals surface area contributed by atoms with Crippen molar-refractivity contribution in [2.75, 3.05) is 18.5 Å². The van der Waals surface area contributed by atoms with E-state index in [2.05, 4.69) is 10.4 Å². The van der Waals surface area contributed by atoms with Crippen molar-refractivity contribution in [3.63, 3.8) is 0 Å². The van der Waals surface area contributed by atoms with Gasteiger partial charge in [-0.2, -0.15) is 5.10 Å². The first kappa shape index (κ1) is 18.0. The number of aromatic nitrogens is 2. The fraction of sp³-hybridized carbons (Fsp3) is 0.238. The van der Waals surface area contributed by atoms with Crippen LogP contribution >= 0.6 is 0 Å². The van der Waals surface area contributed by atoms with Crippen molar-refractivity contribution in [2.24, 2.45) is 0 Å². The second kappa shape index (κ2) is 6.99. The third-order valence-corrected chi connectivity index (χ3v) is 4.69. The minimum Gasteiger partial charge on any atom is -0.486 e. The molecule has 0 bridgehead atoms. The van der Waals surface area contributed by atoms with Gasteiger partial charge in [-0.3, -0.25) is 9.48 Å². The fourth-order valence-corrected chi connectivity index (χ4v) is 2.92. The largest absolute Gasteiger partial charge is 0.486 e. The van der Waals surface area contributed by atoms with Crippen LogP contribution in [0.3, 0.4) is 0 Å². The maximum absolute atomic E-state index is 13.0. The van der Waals surface area contributed by atoms with Gasteiger partial charge in [0, 0.05) is 17.4 Å². The topological polar surface area (TPSA) is 65.4 Å². The average molecular weight is 381 g/mol. The molecule has 3 aromatic rings. The molecule has 0 saturated carbocycles. The highest BCUT2D eigenvalue weighted by molar-refractivity contribution is 5.96. The van der Waals surface area contributed by atoms with Crippen LogP contribution in [0.15, 0.2) is 54.9 Å². The molecular formula is C21H20FN3O3. The van der Waals surface area contributed by atoms with E-state index in [-0.39, 0.29) is 11.7 Å². The van der Waals surface area contributed by atoms with Gasteiger partial charge >= 0.3 is 0 Å². The maximum atomic E-state index is 13.0. The molecule has 28 heavy (non-hydrogen) atoms. The number of hydrogen-bond acceptors (Lipinski definition) is 4. The highest BCUT2D eigenvalue weighted by Gasteiger charge is 2.31. The smallest absolute Gasteiger partial charge is 0.251 e. The van der Waals surface area contributed by atoms with E-state index in [1.54, 1.807) is 24.7 Å². The van der Waals surface area contributed by atoms with Gasteiger partial charge < -0.3 is 14.8 Å². The summed E-state index contributed by atoms with van der Waals surface area (Å²) in [5, 5.41) is 7.17. The summed E-state index contributed by atoms with van der Waals surface area (Å²) in [6.07, 6.45) is 3.52. The fourth-order valence-electron chi connectivity index (χ4n) is 2.92. The molecule has 2 aromatic carbocycles. The van der Waals surface area contributed by atoms with Crippen molar-refractivity contribution >= 4 is 11.6 Å². The van der Waals surface area contributed by atoms with Crippen LogP contribution in [0, 0.1) is 5.82 Å². The quantitative estimate of drug-likeness (QED) is 0.746. The van der Waals surface area contributed by atoms with Crippen molar-refractivity contribution in [1.29, 1.82) is 0 Å². The van der Waals surface area contributed by atoms with Crippen LogP contribution in [-0.2, 0) is 10.3 Å². The molecule has 144 valence electrons. The van der Waals surface area contributed by atoms with Crippen molar-refractivity contribution in [2.45, 2.75) is 19.4 Å². The summed E-state index contributed by atoms with van der Waals surface area (Å²) in [6.45, 7) is 4.60. The Morgan fingerprint density at radius 1 is 1.07 bits per heavy atom. The van der Waals surface area contributed by atoms with Crippen LogP contribution in [0.2, 0.25) is 0 Å². The highest BCUT2D eigenvalue weighted by Crippen LogP contribution is 2.34. The van der Waals surface area contributed by atoms with E-state index >= 15 is 0 Å². The predicted molar refractivity (Wildman–Crippen MR) is 103 cm³/mol. The van der Waals surface area contributed by atoms with E-state index in [9.17, 15) is 9.18 Å². The summed E-state index contributed by atoms with van der Waals surface area (Å²) in [7, 11) is 0. The van der Waals surface area contributed by atoms with Crippen LogP contribution in [0.1, 0.15) is 13.8 Å². The third kappa shape index (κ3) is 3.43. The number of fused-ring (bicyclic) bond motifs is 1. The summed E-state index contributed by atoms with van der Waals surface area (Å²) in [6, 6.07) is 11.3. The van der Waals surface area contributed by atoms with Crippen molar-refractivity contribution < 1.29 is 18.7 Å². The first-order valence-corrected chi connectivity index (χ1v) is 8.96. The van der Waals surface area contributed by atoms with Crippen LogP contribution in [0.4, 0.5) is 10.1 Å². The predicted octanol–water partition coefficient (Wildman–Crippen LogP) is 3.83. The molecule has 7 heteroatoms. The minimum absolute atomic E-state index is 0.254. The minimum atomic E-state index is -0.944. The van der Waals surface area contributed by atoms with Crippen LogP contribution in [0.5, 0.6) is 11.5 Å². The van der Waals surface area contributed by atoms with Gasteiger partial charge in [0.15, 0.2) is 11.5 Å². The Morgan fingerprint density at radius 3 is 2.54 bits per heavy atom. The summed E-state index contributed by atoms with van der Waals surface area (Å²) in [4.78, 5) is 12.8. The van der Waals surface area contributed by atoms with Gasteiger partial charge in [0.1, 0.15) is 24.6 Å². The lowest BCUT2D eigenvalue weighted by atomic mass is 10.0. The third-order valence-electron chi connectivity index (χ3n) is 4.69. The number of benzene rings is 2. The Labute approximate surface area is 161 Å². The number of nitrogens with zero attached hydrogens (tertiary/aromatic N) is 2. The first-order valence-electron chi connectivity index (χ1n) is 8.96. The molecular weight excluding hydrogens is 361 g/mol. The van der Waals surface area contributed by atoms with Gasteiger partial charge in [0.25, 0.3) is 5.91 Å². The van der Waals surface area contributed by atoms with Crippen LogP contribution < -0.4 is 14.8 Å². The molecule has 1 N–H and O–H groups in total. The number of amides is 1. The van der Waals surface area contributed by atoms with E-state index in [0.29, 0.717) is 24.7 Å². The van der Waals surface area contributed by atoms with Gasteiger partial charge in [0.2, 0.25) is 0 Å². The molecule has 0 radical (unpaired) electrons. The Hall–Kier alpha value is -3.35. The molecule has 0 fully saturated rings. The number of ether oxygens (including phenoxy) is 2. The zero-order chi connectivity index (χ0) is 19.7. The number of carbonyl (C=O) groups excluding carboxylic acids is 1. The number of rotatable bonds is 4. The lowest BCUT2D eigenvalue weighted by molar-refractivity contribution is -0.123. The SMILES string of the molecule is CC(C)(C(=O)Nc1ccc(F)cc1)n1cc(-c2ccc3c(c2)OCCO3)cn1. The normalized spacial score (nSPS) is 13.2. The zero-order valence-corrected chi connectivity index (χ0v) is 15.6. The molecule has 0 spiro atoms. The Bertz CT molecular complexity index is 1010. The Balaban J connectivity index is 1.55. The molecule has 0 saturated heterocycles. The summed E-state index contributed by atoms with van der Waals surface area (Å²) >= 11 is 0. The van der Waals surface area contributed by atoms with Crippen LogP contribution in [0.25, 0.3) is 11.1 Å². The second-order valence-electron chi connectivity index (χ2n) is 7.05. The Kier molecular flexibility index (Phi) is 4.50. The molecule has 1 amide bonds. The van der Waals surface area contributed by atoms with Gasteiger partial charge in [-0.1, -0.05) is 6.07 Å². The molecule has 1 aromatic heterocycles. The van der Waals surface area contributed by atoms with E-state index < -0.39 is 5.54 Å². The van der Waals surface area contributed by atoms with Crippen molar-refractivity contribution in [3.05, 3.63) is 60.7 Å². The molecule has 0 atom stereocenters. The molecule has 4 rings (SSSR count). The number of anilines is 1. The van der Waals surface area contributed by atoms with Crippen molar-refractivity contribution in [3.8, 4) is 22.6 Å². The summed E-state index contributed by atoms with van der Waals surface area (Å²) in [5.41, 5.74) is 1.36. The molecule has 1 aliphatic rings. The van der Waals surface area contributed by atoms with Gasteiger partial charge in [-0.25, -0.2) is 4.39 Å².